The van der Waals surface area contributed by atoms with Crippen molar-refractivity contribution in [1.82, 2.24) is 4.90 Å². The predicted molar refractivity (Wildman–Crippen MR) is 111 cm³/mol. The summed E-state index contributed by atoms with van der Waals surface area (Å²) < 4.78 is 10.9. The van der Waals surface area contributed by atoms with Crippen LogP contribution in [-0.4, -0.2) is 40.5 Å². The molecule has 0 spiro atoms. The molecule has 1 aromatic carbocycles. The molecule has 1 saturated heterocycles. The Morgan fingerprint density at radius 2 is 1.86 bits per heavy atom. The topological polar surface area (TPSA) is 76.8 Å². The first-order valence-electron chi connectivity index (χ1n) is 9.47. The van der Waals surface area contributed by atoms with Gasteiger partial charge in [-0.2, -0.15) is 0 Å². The van der Waals surface area contributed by atoms with Crippen molar-refractivity contribution >= 4 is 29.4 Å². The number of hydrogen-bond donors (Lipinski definition) is 0. The van der Waals surface area contributed by atoms with E-state index in [1.807, 2.05) is 32.9 Å². The van der Waals surface area contributed by atoms with Crippen LogP contribution in [0.5, 0.6) is 0 Å². The fourth-order valence-corrected chi connectivity index (χ4v) is 4.89. The Labute approximate surface area is 174 Å². The van der Waals surface area contributed by atoms with E-state index in [4.69, 9.17) is 9.15 Å². The molecule has 0 bridgehead atoms. The van der Waals surface area contributed by atoms with E-state index >= 15 is 0 Å². The molecule has 0 N–H and O–H groups in total. The highest BCUT2D eigenvalue weighted by Crippen LogP contribution is 2.42. The lowest BCUT2D eigenvalue weighted by Crippen LogP contribution is -2.44. The number of thioether (sulfide) groups is 1. The van der Waals surface area contributed by atoms with Crippen LogP contribution in [0.4, 0.5) is 0 Å². The SMILES string of the molecule is CC(=O)N1[C@@H](C(=O)O[C@@H](C)C(=O)c2cc(C)c(C)cc2C)CS[C@@H]1c1ccco1. The van der Waals surface area contributed by atoms with Crippen LogP contribution < -0.4 is 0 Å². The highest BCUT2D eigenvalue weighted by molar-refractivity contribution is 7.99. The summed E-state index contributed by atoms with van der Waals surface area (Å²) in [6.45, 7) is 8.78. The first-order valence-corrected chi connectivity index (χ1v) is 10.5. The molecule has 2 aromatic rings. The predicted octanol–water partition coefficient (Wildman–Crippen LogP) is 3.98. The zero-order valence-corrected chi connectivity index (χ0v) is 18.0. The molecule has 3 rings (SSSR count). The number of esters is 1. The second-order valence-corrected chi connectivity index (χ2v) is 8.45. The molecule has 1 aliphatic rings. The molecular formula is C22H25NO5S. The molecule has 0 saturated carbocycles. The molecule has 3 atom stereocenters. The van der Waals surface area contributed by atoms with E-state index in [1.54, 1.807) is 19.1 Å². The Balaban J connectivity index is 1.74. The minimum Gasteiger partial charge on any atom is -0.466 e. The lowest BCUT2D eigenvalue weighted by Gasteiger charge is -2.26. The summed E-state index contributed by atoms with van der Waals surface area (Å²) in [7, 11) is 0. The normalized spacial score (nSPS) is 19.8. The van der Waals surface area contributed by atoms with Gasteiger partial charge in [-0.15, -0.1) is 11.8 Å². The van der Waals surface area contributed by atoms with Gasteiger partial charge in [0.2, 0.25) is 11.7 Å². The van der Waals surface area contributed by atoms with Gasteiger partial charge in [0.1, 0.15) is 17.2 Å². The zero-order chi connectivity index (χ0) is 21.3. The average Bonchev–Trinajstić information content (AvgIpc) is 3.32. The molecule has 29 heavy (non-hydrogen) atoms. The molecule has 1 amide bonds. The van der Waals surface area contributed by atoms with Crippen molar-refractivity contribution in [3.05, 3.63) is 58.5 Å². The third-order valence-corrected chi connectivity index (χ3v) is 6.47. The number of hydrogen-bond acceptors (Lipinski definition) is 6. The number of Topliss-reactive ketones (excluding diaryl/α,β-unsaturated/α-hetero) is 1. The van der Waals surface area contributed by atoms with E-state index in [0.717, 1.165) is 16.7 Å². The van der Waals surface area contributed by atoms with Crippen molar-refractivity contribution in [2.24, 2.45) is 0 Å². The van der Waals surface area contributed by atoms with Crippen molar-refractivity contribution in [3.63, 3.8) is 0 Å². The molecule has 0 aliphatic carbocycles. The Morgan fingerprint density at radius 1 is 1.17 bits per heavy atom. The first-order chi connectivity index (χ1) is 13.7. The van der Waals surface area contributed by atoms with Gasteiger partial charge in [0.15, 0.2) is 6.10 Å². The summed E-state index contributed by atoms with van der Waals surface area (Å²) in [4.78, 5) is 39.4. The maximum atomic E-state index is 12.9. The zero-order valence-electron chi connectivity index (χ0n) is 17.2. The first kappa shape index (κ1) is 21.2. The third kappa shape index (κ3) is 4.24. The Kier molecular flexibility index (Phi) is 6.17. The van der Waals surface area contributed by atoms with Gasteiger partial charge in [0.05, 0.1) is 6.26 Å². The smallest absolute Gasteiger partial charge is 0.330 e. The van der Waals surface area contributed by atoms with Crippen molar-refractivity contribution in [2.75, 3.05) is 5.75 Å². The lowest BCUT2D eigenvalue weighted by molar-refractivity contribution is -0.155. The fraction of sp³-hybridized carbons (Fsp3) is 0.409. The second-order valence-electron chi connectivity index (χ2n) is 7.34. The standard InChI is InChI=1S/C22H25NO5S/c1-12-9-14(3)17(10-13(12)2)20(25)15(4)28-22(26)18-11-29-21(23(18)16(5)24)19-7-6-8-27-19/h6-10,15,18,21H,11H2,1-5H3/t15-,18+,21+/m0/s1. The number of carbonyl (C=O) groups is 3. The van der Waals surface area contributed by atoms with Crippen LogP contribution in [0.2, 0.25) is 0 Å². The molecular weight excluding hydrogens is 390 g/mol. The molecule has 1 fully saturated rings. The minimum absolute atomic E-state index is 0.248. The number of amides is 1. The number of ether oxygens (including phenoxy) is 1. The maximum absolute atomic E-state index is 12.9. The van der Waals surface area contributed by atoms with Gasteiger partial charge in [0.25, 0.3) is 0 Å². The van der Waals surface area contributed by atoms with Gasteiger partial charge >= 0.3 is 5.97 Å². The number of aryl methyl sites for hydroxylation is 3. The molecule has 1 aliphatic heterocycles. The molecule has 2 heterocycles. The highest BCUT2D eigenvalue weighted by Gasteiger charge is 2.43. The van der Waals surface area contributed by atoms with Gasteiger partial charge in [0, 0.05) is 18.2 Å². The number of rotatable bonds is 5. The summed E-state index contributed by atoms with van der Waals surface area (Å²) in [5, 5.41) is -0.381. The van der Waals surface area contributed by atoms with Crippen LogP contribution in [0.3, 0.4) is 0 Å². The number of furan rings is 1. The number of benzene rings is 1. The van der Waals surface area contributed by atoms with Gasteiger partial charge in [-0.3, -0.25) is 9.59 Å². The number of ketones is 1. The number of nitrogens with zero attached hydrogens (tertiary/aromatic N) is 1. The van der Waals surface area contributed by atoms with Gasteiger partial charge < -0.3 is 14.1 Å². The van der Waals surface area contributed by atoms with E-state index in [-0.39, 0.29) is 17.1 Å². The number of carbonyl (C=O) groups excluding carboxylic acids is 3. The Hall–Kier alpha value is -2.54. The largest absolute Gasteiger partial charge is 0.466 e. The quantitative estimate of drug-likeness (QED) is 0.543. The highest BCUT2D eigenvalue weighted by atomic mass is 32.2. The van der Waals surface area contributed by atoms with Crippen molar-refractivity contribution < 1.29 is 23.5 Å². The molecule has 0 radical (unpaired) electrons. The van der Waals surface area contributed by atoms with Crippen LogP contribution in [0.15, 0.2) is 34.9 Å². The van der Waals surface area contributed by atoms with Crippen LogP contribution in [-0.2, 0) is 14.3 Å². The monoisotopic (exact) mass is 415 g/mol. The molecule has 154 valence electrons. The van der Waals surface area contributed by atoms with Crippen LogP contribution in [0.25, 0.3) is 0 Å². The van der Waals surface area contributed by atoms with Crippen molar-refractivity contribution in [1.29, 1.82) is 0 Å². The second kappa shape index (κ2) is 8.45. The van der Waals surface area contributed by atoms with Crippen molar-refractivity contribution in [3.8, 4) is 0 Å². The minimum atomic E-state index is -0.940. The van der Waals surface area contributed by atoms with Gasteiger partial charge in [-0.05, 0) is 62.6 Å². The molecule has 6 nitrogen and oxygen atoms in total. The fourth-order valence-electron chi connectivity index (χ4n) is 3.47. The molecule has 7 heteroatoms. The summed E-state index contributed by atoms with van der Waals surface area (Å²) in [6, 6.07) is 6.54. The van der Waals surface area contributed by atoms with E-state index in [2.05, 4.69) is 0 Å². The Morgan fingerprint density at radius 3 is 2.48 bits per heavy atom. The van der Waals surface area contributed by atoms with Gasteiger partial charge in [-0.1, -0.05) is 6.07 Å². The van der Waals surface area contributed by atoms with E-state index in [1.165, 1.54) is 29.8 Å². The summed E-state index contributed by atoms with van der Waals surface area (Å²) in [5.74, 6) is -0.0868. The van der Waals surface area contributed by atoms with Crippen molar-refractivity contribution in [2.45, 2.75) is 52.1 Å². The van der Waals surface area contributed by atoms with E-state index < -0.39 is 18.1 Å². The van der Waals surface area contributed by atoms with Crippen LogP contribution >= 0.6 is 11.8 Å². The van der Waals surface area contributed by atoms with Crippen LogP contribution in [0.1, 0.15) is 52.0 Å². The summed E-state index contributed by atoms with van der Waals surface area (Å²) >= 11 is 1.44. The lowest BCUT2D eigenvalue weighted by atomic mass is 9.96. The van der Waals surface area contributed by atoms with Gasteiger partial charge in [-0.25, -0.2) is 4.79 Å². The average molecular weight is 416 g/mol. The summed E-state index contributed by atoms with van der Waals surface area (Å²) in [5.41, 5.74) is 3.51. The van der Waals surface area contributed by atoms with E-state index in [0.29, 0.717) is 17.1 Å². The third-order valence-electron chi connectivity index (χ3n) is 5.19. The summed E-state index contributed by atoms with van der Waals surface area (Å²) in [6.07, 6.45) is 0.594. The molecule has 0 unspecified atom stereocenters. The van der Waals surface area contributed by atoms with E-state index in [9.17, 15) is 14.4 Å². The Bertz CT molecular complexity index is 937. The maximum Gasteiger partial charge on any atom is 0.330 e. The van der Waals surface area contributed by atoms with Crippen LogP contribution in [0, 0.1) is 20.8 Å². The molecule has 1 aromatic heterocycles.